The highest BCUT2D eigenvalue weighted by Gasteiger charge is 2.24. The molecule has 4 rings (SSSR count). The first-order valence-corrected chi connectivity index (χ1v) is 11.1. The lowest BCUT2D eigenvalue weighted by molar-refractivity contribution is 0.0652. The van der Waals surface area contributed by atoms with E-state index >= 15 is 0 Å². The normalized spacial score (nSPS) is 14.8. The van der Waals surface area contributed by atoms with E-state index in [2.05, 4.69) is 59.5 Å². The zero-order valence-corrected chi connectivity index (χ0v) is 19.1. The van der Waals surface area contributed by atoms with Crippen LogP contribution in [0, 0.1) is 13.8 Å². The number of amides is 1. The van der Waals surface area contributed by atoms with Crippen molar-refractivity contribution in [2.45, 2.75) is 13.8 Å². The number of hydrogen-bond acceptors (Lipinski definition) is 3. The first kappa shape index (κ1) is 20.8. The van der Waals surface area contributed by atoms with Gasteiger partial charge in [-0.05, 0) is 55.3 Å². The molecule has 0 spiro atoms. The van der Waals surface area contributed by atoms with Gasteiger partial charge in [0.2, 0.25) is 0 Å². The van der Waals surface area contributed by atoms with Gasteiger partial charge in [0, 0.05) is 48.1 Å². The van der Waals surface area contributed by atoms with E-state index in [1.165, 1.54) is 11.1 Å². The molecule has 1 aromatic heterocycles. The van der Waals surface area contributed by atoms with Gasteiger partial charge in [-0.3, -0.25) is 9.69 Å². The van der Waals surface area contributed by atoms with Crippen LogP contribution in [0.4, 0.5) is 0 Å². The number of benzene rings is 2. The molecule has 0 unspecified atom stereocenters. The third-order valence-corrected chi connectivity index (χ3v) is 6.34. The molecule has 1 aliphatic rings. The van der Waals surface area contributed by atoms with Crippen LogP contribution in [0.25, 0.3) is 22.2 Å². The van der Waals surface area contributed by atoms with Crippen LogP contribution in [0.1, 0.15) is 21.5 Å². The van der Waals surface area contributed by atoms with Gasteiger partial charge < -0.3 is 4.90 Å². The molecule has 0 aliphatic carbocycles. The van der Waals surface area contributed by atoms with Crippen molar-refractivity contribution in [3.8, 4) is 11.3 Å². The number of carbonyl (C=O) groups excluding carboxylic acids is 1. The summed E-state index contributed by atoms with van der Waals surface area (Å²) in [5.74, 6) is 0.0730. The highest BCUT2D eigenvalue weighted by molar-refractivity contribution is 9.10. The zero-order chi connectivity index (χ0) is 21.3. The Hall–Kier alpha value is -2.50. The van der Waals surface area contributed by atoms with Crippen molar-refractivity contribution in [1.29, 1.82) is 0 Å². The van der Waals surface area contributed by atoms with Gasteiger partial charge in [0.15, 0.2) is 0 Å². The van der Waals surface area contributed by atoms with Crippen LogP contribution in [-0.4, -0.2) is 53.4 Å². The van der Waals surface area contributed by atoms with Crippen molar-refractivity contribution in [3.05, 3.63) is 76.3 Å². The summed E-state index contributed by atoms with van der Waals surface area (Å²) in [7, 11) is 0. The van der Waals surface area contributed by atoms with Crippen LogP contribution < -0.4 is 0 Å². The van der Waals surface area contributed by atoms with Gasteiger partial charge in [-0.15, -0.1) is 6.58 Å². The molecule has 3 aromatic rings. The molecule has 154 valence electrons. The summed E-state index contributed by atoms with van der Waals surface area (Å²) < 4.78 is 0.945. The largest absolute Gasteiger partial charge is 0.336 e. The SMILES string of the molecule is C=CCN1CCN(C(=O)c2cc(-c3ccc(C)c(C)c3)nc3ccc(Br)cc23)CC1. The van der Waals surface area contributed by atoms with Crippen molar-refractivity contribution in [3.63, 3.8) is 0 Å². The Morgan fingerprint density at radius 1 is 1.07 bits per heavy atom. The molecule has 0 bridgehead atoms. The zero-order valence-electron chi connectivity index (χ0n) is 17.5. The summed E-state index contributed by atoms with van der Waals surface area (Å²) in [6.45, 7) is 12.1. The lowest BCUT2D eigenvalue weighted by Crippen LogP contribution is -2.48. The van der Waals surface area contributed by atoms with E-state index in [1.54, 1.807) is 0 Å². The average Bonchev–Trinajstić information content (AvgIpc) is 2.75. The molecule has 0 N–H and O–H groups in total. The van der Waals surface area contributed by atoms with E-state index < -0.39 is 0 Å². The number of halogens is 1. The average molecular weight is 464 g/mol. The fourth-order valence-corrected chi connectivity index (χ4v) is 4.27. The first-order valence-electron chi connectivity index (χ1n) is 10.3. The molecule has 5 heteroatoms. The molecule has 30 heavy (non-hydrogen) atoms. The van der Waals surface area contributed by atoms with E-state index in [9.17, 15) is 4.79 Å². The van der Waals surface area contributed by atoms with Gasteiger partial charge in [0.1, 0.15) is 0 Å². The van der Waals surface area contributed by atoms with E-state index in [4.69, 9.17) is 4.98 Å². The van der Waals surface area contributed by atoms with E-state index in [0.717, 1.165) is 59.4 Å². The Labute approximate surface area is 186 Å². The van der Waals surface area contributed by atoms with E-state index in [0.29, 0.717) is 5.56 Å². The lowest BCUT2D eigenvalue weighted by atomic mass is 10.00. The molecule has 2 aromatic carbocycles. The van der Waals surface area contributed by atoms with Gasteiger partial charge >= 0.3 is 0 Å². The molecule has 1 saturated heterocycles. The highest BCUT2D eigenvalue weighted by atomic mass is 79.9. The minimum atomic E-state index is 0.0730. The predicted octanol–water partition coefficient (Wildman–Crippen LogP) is 5.22. The third kappa shape index (κ3) is 4.18. The van der Waals surface area contributed by atoms with Gasteiger partial charge in [0.25, 0.3) is 5.91 Å². The van der Waals surface area contributed by atoms with E-state index in [-0.39, 0.29) is 5.91 Å². The second-order valence-corrected chi connectivity index (χ2v) is 8.81. The van der Waals surface area contributed by atoms with Crippen LogP contribution in [0.3, 0.4) is 0 Å². The molecule has 1 aliphatic heterocycles. The van der Waals surface area contributed by atoms with Gasteiger partial charge in [-0.2, -0.15) is 0 Å². The minimum Gasteiger partial charge on any atom is -0.336 e. The summed E-state index contributed by atoms with van der Waals surface area (Å²) >= 11 is 3.55. The Morgan fingerprint density at radius 3 is 2.53 bits per heavy atom. The van der Waals surface area contributed by atoms with Crippen molar-refractivity contribution in [1.82, 2.24) is 14.8 Å². The quantitative estimate of drug-likeness (QED) is 0.497. The van der Waals surface area contributed by atoms with Crippen molar-refractivity contribution in [2.75, 3.05) is 32.7 Å². The molecule has 1 fully saturated rings. The highest BCUT2D eigenvalue weighted by Crippen LogP contribution is 2.29. The number of aromatic nitrogens is 1. The molecule has 2 heterocycles. The molecule has 0 atom stereocenters. The topological polar surface area (TPSA) is 36.4 Å². The number of carbonyl (C=O) groups is 1. The van der Waals surface area contributed by atoms with Crippen molar-refractivity contribution >= 4 is 32.7 Å². The first-order chi connectivity index (χ1) is 14.5. The van der Waals surface area contributed by atoms with Crippen LogP contribution in [0.15, 0.2) is 59.6 Å². The molecule has 0 saturated carbocycles. The van der Waals surface area contributed by atoms with Crippen LogP contribution >= 0.6 is 15.9 Å². The fourth-order valence-electron chi connectivity index (χ4n) is 3.91. The van der Waals surface area contributed by atoms with Crippen molar-refractivity contribution in [2.24, 2.45) is 0 Å². The predicted molar refractivity (Wildman–Crippen MR) is 127 cm³/mol. The molecular weight excluding hydrogens is 438 g/mol. The molecular formula is C25H26BrN3O. The smallest absolute Gasteiger partial charge is 0.254 e. The number of hydrogen-bond donors (Lipinski definition) is 0. The molecule has 1 amide bonds. The Bertz CT molecular complexity index is 1120. The summed E-state index contributed by atoms with van der Waals surface area (Å²) in [5.41, 5.74) is 5.89. The van der Waals surface area contributed by atoms with Gasteiger partial charge in [-0.1, -0.05) is 34.1 Å². The fraction of sp³-hybridized carbons (Fsp3) is 0.280. The van der Waals surface area contributed by atoms with E-state index in [1.807, 2.05) is 35.2 Å². The van der Waals surface area contributed by atoms with Gasteiger partial charge in [0.05, 0.1) is 16.8 Å². The number of rotatable bonds is 4. The van der Waals surface area contributed by atoms with Crippen molar-refractivity contribution < 1.29 is 4.79 Å². The standard InChI is InChI=1S/C25H26BrN3O/c1-4-9-28-10-12-29(13-11-28)25(30)22-16-24(19-6-5-17(2)18(3)14-19)27-23-8-7-20(26)15-21(22)23/h4-8,14-16H,1,9-13H2,2-3H3. The lowest BCUT2D eigenvalue weighted by Gasteiger charge is -2.34. The number of piperazine rings is 1. The monoisotopic (exact) mass is 463 g/mol. The maximum atomic E-state index is 13.5. The third-order valence-electron chi connectivity index (χ3n) is 5.85. The Kier molecular flexibility index (Phi) is 6.02. The summed E-state index contributed by atoms with van der Waals surface area (Å²) in [4.78, 5) is 22.7. The Balaban J connectivity index is 1.75. The molecule has 0 radical (unpaired) electrons. The second kappa shape index (κ2) is 8.70. The van der Waals surface area contributed by atoms with Crippen LogP contribution in [-0.2, 0) is 0 Å². The second-order valence-electron chi connectivity index (χ2n) is 7.90. The maximum absolute atomic E-state index is 13.5. The summed E-state index contributed by atoms with van der Waals surface area (Å²) in [5, 5.41) is 0.885. The van der Waals surface area contributed by atoms with Crippen LogP contribution in [0.2, 0.25) is 0 Å². The summed E-state index contributed by atoms with van der Waals surface area (Å²) in [6, 6.07) is 14.2. The van der Waals surface area contributed by atoms with Crippen LogP contribution in [0.5, 0.6) is 0 Å². The maximum Gasteiger partial charge on any atom is 0.254 e. The number of nitrogens with zero attached hydrogens (tertiary/aromatic N) is 3. The Morgan fingerprint density at radius 2 is 1.83 bits per heavy atom. The number of fused-ring (bicyclic) bond motifs is 1. The number of pyridine rings is 1. The summed E-state index contributed by atoms with van der Waals surface area (Å²) in [6.07, 6.45) is 1.92. The minimum absolute atomic E-state index is 0.0730. The van der Waals surface area contributed by atoms with Gasteiger partial charge in [-0.25, -0.2) is 4.98 Å². The number of aryl methyl sites for hydroxylation is 2. The molecule has 4 nitrogen and oxygen atoms in total.